The first-order valence-electron chi connectivity index (χ1n) is 14.1. The molecule has 0 radical (unpaired) electrons. The highest BCUT2D eigenvalue weighted by Crippen LogP contribution is 2.34. The number of ether oxygens (including phenoxy) is 1. The molecule has 5 heteroatoms. The summed E-state index contributed by atoms with van der Waals surface area (Å²) in [6.07, 6.45) is 9.79. The summed E-state index contributed by atoms with van der Waals surface area (Å²) in [5.41, 5.74) is 4.95. The van der Waals surface area contributed by atoms with Gasteiger partial charge in [0.15, 0.2) is 6.10 Å². The summed E-state index contributed by atoms with van der Waals surface area (Å²) in [4.78, 5) is 19.2. The molecule has 0 saturated carbocycles. The lowest BCUT2D eigenvalue weighted by Crippen LogP contribution is -2.45. The van der Waals surface area contributed by atoms with Crippen molar-refractivity contribution < 1.29 is 9.53 Å². The fraction of sp³-hybridized carbons (Fsp3) is 0.382. The van der Waals surface area contributed by atoms with E-state index < -0.39 is 6.10 Å². The van der Waals surface area contributed by atoms with Crippen molar-refractivity contribution in [1.29, 1.82) is 0 Å². The molecule has 0 bridgehead atoms. The van der Waals surface area contributed by atoms with E-state index in [4.69, 9.17) is 4.74 Å². The number of amides is 1. The van der Waals surface area contributed by atoms with Gasteiger partial charge < -0.3 is 14.5 Å². The molecule has 1 amide bonds. The molecule has 5 rings (SSSR count). The van der Waals surface area contributed by atoms with Crippen LogP contribution in [0.2, 0.25) is 0 Å². The van der Waals surface area contributed by atoms with Crippen LogP contribution in [0.5, 0.6) is 5.75 Å². The van der Waals surface area contributed by atoms with Crippen LogP contribution in [0.1, 0.15) is 57.2 Å². The van der Waals surface area contributed by atoms with Crippen LogP contribution >= 0.6 is 11.3 Å². The van der Waals surface area contributed by atoms with Gasteiger partial charge in [0.1, 0.15) is 5.75 Å². The topological polar surface area (TPSA) is 32.8 Å². The number of thiophene rings is 1. The molecule has 3 heterocycles. The second kappa shape index (κ2) is 14.3. The Hall–Kier alpha value is -3.15. The molecule has 2 atom stereocenters. The van der Waals surface area contributed by atoms with Gasteiger partial charge in [-0.05, 0) is 106 Å². The zero-order valence-corrected chi connectivity index (χ0v) is 24.6. The maximum atomic E-state index is 13.5. The monoisotopic (exact) mass is 542 g/mol. The minimum Gasteiger partial charge on any atom is -0.480 e. The molecule has 0 aliphatic carbocycles. The van der Waals surface area contributed by atoms with Gasteiger partial charge in [-0.1, -0.05) is 60.2 Å². The molecule has 1 saturated heterocycles. The number of rotatable bonds is 7. The predicted octanol–water partition coefficient (Wildman–Crippen LogP) is 7.93. The van der Waals surface area contributed by atoms with E-state index in [1.807, 2.05) is 43.2 Å². The third kappa shape index (κ3) is 7.93. The minimum absolute atomic E-state index is 0.0352. The molecule has 206 valence electrons. The number of likely N-dealkylation sites (N-methyl/N-ethyl adjacent to an activating group) is 1. The van der Waals surface area contributed by atoms with Gasteiger partial charge in [0, 0.05) is 18.5 Å². The number of hydrogen-bond donors (Lipinski definition) is 0. The lowest BCUT2D eigenvalue weighted by atomic mass is 9.98. The van der Waals surface area contributed by atoms with Crippen LogP contribution in [0.3, 0.4) is 0 Å². The number of likely N-dealkylation sites (tertiary alicyclic amines) is 1. The molecule has 0 spiro atoms. The predicted molar refractivity (Wildman–Crippen MR) is 164 cm³/mol. The van der Waals surface area contributed by atoms with Crippen LogP contribution in [0.25, 0.3) is 10.4 Å². The Kier molecular flexibility index (Phi) is 10.6. The van der Waals surface area contributed by atoms with Crippen molar-refractivity contribution in [2.45, 2.75) is 58.6 Å². The fourth-order valence-electron chi connectivity index (χ4n) is 5.16. The molecule has 1 aromatic heterocycles. The van der Waals surface area contributed by atoms with Gasteiger partial charge in [-0.25, -0.2) is 0 Å². The Bertz CT molecular complexity index is 1240. The van der Waals surface area contributed by atoms with Crippen LogP contribution in [0, 0.1) is 0 Å². The van der Waals surface area contributed by atoms with E-state index in [9.17, 15) is 4.79 Å². The number of allylic oxidation sites excluding steroid dienone is 4. The van der Waals surface area contributed by atoms with Gasteiger partial charge in [0.05, 0.1) is 6.04 Å². The Morgan fingerprint density at radius 1 is 1.10 bits per heavy atom. The maximum Gasteiger partial charge on any atom is 0.263 e. The van der Waals surface area contributed by atoms with Crippen LogP contribution < -0.4 is 4.74 Å². The summed E-state index contributed by atoms with van der Waals surface area (Å²) in [5, 5.41) is 2.10. The maximum absolute atomic E-state index is 13.5. The molecule has 2 aliphatic heterocycles. The number of aryl methyl sites for hydroxylation is 1. The van der Waals surface area contributed by atoms with Gasteiger partial charge in [0.2, 0.25) is 0 Å². The first kappa shape index (κ1) is 28.8. The largest absolute Gasteiger partial charge is 0.480 e. The normalized spacial score (nSPS) is 17.5. The Labute approximate surface area is 238 Å². The number of fused-ring (bicyclic) bond motifs is 1. The van der Waals surface area contributed by atoms with Gasteiger partial charge in [-0.15, -0.1) is 11.3 Å². The molecule has 0 N–H and O–H groups in total. The molecular formula is C34H42N2O2S. The van der Waals surface area contributed by atoms with Crippen molar-refractivity contribution in [2.24, 2.45) is 0 Å². The first-order chi connectivity index (χ1) is 19.0. The first-order valence-corrected chi connectivity index (χ1v) is 15.0. The van der Waals surface area contributed by atoms with Crippen LogP contribution in [-0.2, 0) is 11.2 Å². The quantitative estimate of drug-likeness (QED) is 0.284. The number of carbonyl (C=O) groups excluding carboxylic acids is 1. The van der Waals surface area contributed by atoms with E-state index in [2.05, 4.69) is 78.7 Å². The Morgan fingerprint density at radius 2 is 1.87 bits per heavy atom. The van der Waals surface area contributed by atoms with Crippen molar-refractivity contribution in [3.63, 3.8) is 0 Å². The summed E-state index contributed by atoms with van der Waals surface area (Å²) in [7, 11) is 1.94. The minimum atomic E-state index is -0.426. The van der Waals surface area contributed by atoms with Crippen LogP contribution in [-0.4, -0.2) is 48.5 Å². The van der Waals surface area contributed by atoms with Crippen molar-refractivity contribution in [3.8, 4) is 16.2 Å². The molecule has 4 nitrogen and oxygen atoms in total. The van der Waals surface area contributed by atoms with Crippen LogP contribution in [0.15, 0.2) is 89.8 Å². The molecule has 3 aromatic rings. The summed E-state index contributed by atoms with van der Waals surface area (Å²) < 4.78 is 6.24. The second-order valence-electron chi connectivity index (χ2n) is 10.6. The van der Waals surface area contributed by atoms with Gasteiger partial charge >= 0.3 is 0 Å². The standard InChI is InChI=1S/C27H30N2O2S.C7H12/c1-28(23(19-29-15-5-6-16-29)20-8-3-2-4-9-20)27(30)25-14-11-21-18-22(12-13-24(21)31-25)26-10-7-17-32-26;1-4-5-6-7(2)3/h2-4,7-10,12-13,17-18,23,25H,5-6,11,14-16,19H2,1H3;4-6H,1-3H3/b;5-4-/t23?,25-;/m1./s1. The zero-order chi connectivity index (χ0) is 27.6. The molecule has 2 aromatic carbocycles. The van der Waals surface area contributed by atoms with E-state index in [0.717, 1.165) is 38.2 Å². The van der Waals surface area contributed by atoms with E-state index >= 15 is 0 Å². The summed E-state index contributed by atoms with van der Waals surface area (Å²) in [6.45, 7) is 9.29. The SMILES string of the molecule is C/C=C\C=C(C)C.CN(C(=O)[C@H]1CCc2cc(-c3cccs3)ccc2O1)C(CN1CCCC1)c1ccccc1. The third-order valence-electron chi connectivity index (χ3n) is 7.34. The number of carbonyl (C=O) groups is 1. The highest BCUT2D eigenvalue weighted by Gasteiger charge is 2.33. The molecular weight excluding hydrogens is 500 g/mol. The van der Waals surface area contributed by atoms with Crippen LogP contribution in [0.4, 0.5) is 0 Å². The van der Waals surface area contributed by atoms with Crippen molar-refractivity contribution in [1.82, 2.24) is 9.80 Å². The smallest absolute Gasteiger partial charge is 0.263 e. The summed E-state index contributed by atoms with van der Waals surface area (Å²) in [5.74, 6) is 0.921. The zero-order valence-electron chi connectivity index (χ0n) is 23.8. The number of benzene rings is 2. The van der Waals surface area contributed by atoms with E-state index in [1.165, 1.54) is 40.0 Å². The van der Waals surface area contributed by atoms with Gasteiger partial charge in [-0.2, -0.15) is 0 Å². The summed E-state index contributed by atoms with van der Waals surface area (Å²) in [6, 6.07) is 21.0. The van der Waals surface area contributed by atoms with Gasteiger partial charge in [0.25, 0.3) is 5.91 Å². The van der Waals surface area contributed by atoms with Crippen molar-refractivity contribution >= 4 is 17.2 Å². The fourth-order valence-corrected chi connectivity index (χ4v) is 5.89. The number of nitrogens with zero attached hydrogens (tertiary/aromatic N) is 2. The average molecular weight is 543 g/mol. The van der Waals surface area contributed by atoms with Crippen molar-refractivity contribution in [3.05, 3.63) is 101 Å². The highest BCUT2D eigenvalue weighted by molar-refractivity contribution is 7.13. The average Bonchev–Trinajstić information content (AvgIpc) is 3.69. The van der Waals surface area contributed by atoms with Crippen molar-refractivity contribution in [2.75, 3.05) is 26.7 Å². The third-order valence-corrected chi connectivity index (χ3v) is 8.26. The summed E-state index contributed by atoms with van der Waals surface area (Å²) >= 11 is 1.74. The van der Waals surface area contributed by atoms with Gasteiger partial charge in [-0.3, -0.25) is 4.79 Å². The van der Waals surface area contributed by atoms with E-state index in [0.29, 0.717) is 0 Å². The lowest BCUT2D eigenvalue weighted by molar-refractivity contribution is -0.140. The molecule has 1 fully saturated rings. The van der Waals surface area contributed by atoms with E-state index in [1.54, 1.807) is 11.3 Å². The Morgan fingerprint density at radius 3 is 2.51 bits per heavy atom. The van der Waals surface area contributed by atoms with E-state index in [-0.39, 0.29) is 11.9 Å². The number of hydrogen-bond acceptors (Lipinski definition) is 4. The highest BCUT2D eigenvalue weighted by atomic mass is 32.1. The lowest BCUT2D eigenvalue weighted by Gasteiger charge is -2.35. The molecule has 2 aliphatic rings. The molecule has 1 unspecified atom stereocenters. The molecule has 39 heavy (non-hydrogen) atoms. The Balaban J connectivity index is 0.000000448. The second-order valence-corrected chi connectivity index (χ2v) is 11.5.